The largest absolute Gasteiger partial charge is 0.353 e. The Labute approximate surface area is 151 Å². The first-order chi connectivity index (χ1) is 10.7. The molecule has 2 rings (SSSR count). The standard InChI is InChI=1S/C18H25BrO3S/c1-17(2,22-16-7-5-6-10-21-16)18(3,4)23-14-9-8-13(12-20)15(19)11-14/h8-9,11-12,16H,5-7,10H2,1-4H3. The summed E-state index contributed by atoms with van der Waals surface area (Å²) >= 11 is 5.20. The van der Waals surface area contributed by atoms with Crippen LogP contribution in [0.5, 0.6) is 0 Å². The molecular formula is C18H25BrO3S. The minimum absolute atomic E-state index is 0.109. The molecule has 0 spiro atoms. The van der Waals surface area contributed by atoms with E-state index in [1.54, 1.807) is 11.8 Å². The van der Waals surface area contributed by atoms with Crippen molar-refractivity contribution >= 4 is 34.0 Å². The van der Waals surface area contributed by atoms with Crippen LogP contribution < -0.4 is 0 Å². The lowest BCUT2D eigenvalue weighted by Crippen LogP contribution is -2.48. The van der Waals surface area contributed by atoms with E-state index in [9.17, 15) is 4.79 Å². The fourth-order valence-corrected chi connectivity index (χ4v) is 4.18. The molecule has 1 fully saturated rings. The molecule has 0 N–H and O–H groups in total. The fraction of sp³-hybridized carbons (Fsp3) is 0.611. The highest BCUT2D eigenvalue weighted by atomic mass is 79.9. The third-order valence-electron chi connectivity index (χ3n) is 4.49. The minimum Gasteiger partial charge on any atom is -0.353 e. The molecule has 128 valence electrons. The average molecular weight is 401 g/mol. The summed E-state index contributed by atoms with van der Waals surface area (Å²) in [6, 6.07) is 5.81. The third kappa shape index (κ3) is 4.81. The zero-order valence-electron chi connectivity index (χ0n) is 14.2. The predicted molar refractivity (Wildman–Crippen MR) is 98.2 cm³/mol. The van der Waals surface area contributed by atoms with E-state index >= 15 is 0 Å². The van der Waals surface area contributed by atoms with Crippen molar-refractivity contribution < 1.29 is 14.3 Å². The predicted octanol–water partition coefficient (Wildman–Crippen LogP) is 5.45. The second-order valence-electron chi connectivity index (χ2n) is 6.84. The molecule has 5 heteroatoms. The molecule has 3 nitrogen and oxygen atoms in total. The lowest BCUT2D eigenvalue weighted by atomic mass is 9.93. The summed E-state index contributed by atoms with van der Waals surface area (Å²) in [5.74, 6) is 0. The van der Waals surface area contributed by atoms with Crippen LogP contribution in [0.25, 0.3) is 0 Å². The molecule has 0 radical (unpaired) electrons. The number of hydrogen-bond acceptors (Lipinski definition) is 4. The van der Waals surface area contributed by atoms with Crippen LogP contribution >= 0.6 is 27.7 Å². The molecule has 1 saturated heterocycles. The number of halogens is 1. The van der Waals surface area contributed by atoms with E-state index in [0.717, 1.165) is 41.5 Å². The minimum atomic E-state index is -0.352. The van der Waals surface area contributed by atoms with Gasteiger partial charge in [0.2, 0.25) is 0 Å². The summed E-state index contributed by atoms with van der Waals surface area (Å²) < 4.78 is 12.7. The summed E-state index contributed by atoms with van der Waals surface area (Å²) in [4.78, 5) is 12.0. The van der Waals surface area contributed by atoms with Gasteiger partial charge >= 0.3 is 0 Å². The molecule has 0 saturated carbocycles. The average Bonchev–Trinajstić information content (AvgIpc) is 2.47. The normalized spacial score (nSPS) is 19.6. The van der Waals surface area contributed by atoms with Gasteiger partial charge in [-0.1, -0.05) is 15.9 Å². The summed E-state index contributed by atoms with van der Waals surface area (Å²) in [5.41, 5.74) is 0.313. The number of ether oxygens (including phenoxy) is 2. The van der Waals surface area contributed by atoms with Gasteiger partial charge in [-0.25, -0.2) is 0 Å². The van der Waals surface area contributed by atoms with Crippen molar-refractivity contribution in [1.29, 1.82) is 0 Å². The van der Waals surface area contributed by atoms with Gasteiger partial charge < -0.3 is 9.47 Å². The van der Waals surface area contributed by atoms with E-state index in [2.05, 4.69) is 43.6 Å². The first-order valence-electron chi connectivity index (χ1n) is 7.98. The number of thioether (sulfide) groups is 1. The monoisotopic (exact) mass is 400 g/mol. The van der Waals surface area contributed by atoms with Crippen LogP contribution in [-0.4, -0.2) is 29.5 Å². The molecule has 1 atom stereocenters. The molecule has 1 heterocycles. The van der Waals surface area contributed by atoms with E-state index in [4.69, 9.17) is 9.47 Å². The van der Waals surface area contributed by atoms with Crippen molar-refractivity contribution in [2.75, 3.05) is 6.61 Å². The van der Waals surface area contributed by atoms with Crippen LogP contribution in [0.4, 0.5) is 0 Å². The van der Waals surface area contributed by atoms with Gasteiger partial charge in [-0.15, -0.1) is 11.8 Å². The van der Waals surface area contributed by atoms with Gasteiger partial charge in [0.05, 0.1) is 5.60 Å². The molecule has 0 aromatic heterocycles. The van der Waals surface area contributed by atoms with Crippen molar-refractivity contribution in [3.8, 4) is 0 Å². The van der Waals surface area contributed by atoms with Crippen LogP contribution in [0.15, 0.2) is 27.6 Å². The number of benzene rings is 1. The molecule has 1 aliphatic heterocycles. The van der Waals surface area contributed by atoms with Crippen LogP contribution in [0.3, 0.4) is 0 Å². The van der Waals surface area contributed by atoms with Crippen molar-refractivity contribution in [1.82, 2.24) is 0 Å². The smallest absolute Gasteiger partial charge is 0.158 e. The summed E-state index contributed by atoms with van der Waals surface area (Å²) in [7, 11) is 0. The van der Waals surface area contributed by atoms with Crippen molar-refractivity contribution in [2.45, 2.75) is 68.5 Å². The lowest BCUT2D eigenvalue weighted by Gasteiger charge is -2.43. The molecule has 1 aromatic rings. The second-order valence-corrected chi connectivity index (χ2v) is 9.39. The van der Waals surface area contributed by atoms with Gasteiger partial charge in [0.1, 0.15) is 0 Å². The van der Waals surface area contributed by atoms with E-state index in [-0.39, 0.29) is 16.6 Å². The zero-order valence-corrected chi connectivity index (χ0v) is 16.6. The third-order valence-corrected chi connectivity index (χ3v) is 6.66. The molecule has 0 amide bonds. The number of aldehydes is 1. The number of carbonyl (C=O) groups is 1. The van der Waals surface area contributed by atoms with E-state index in [1.165, 1.54) is 0 Å². The topological polar surface area (TPSA) is 35.5 Å². The SMILES string of the molecule is CC(C)(OC1CCCCO1)C(C)(C)Sc1ccc(C=O)c(Br)c1. The van der Waals surface area contributed by atoms with Crippen LogP contribution in [-0.2, 0) is 9.47 Å². The molecule has 1 unspecified atom stereocenters. The molecule has 0 aliphatic carbocycles. The Kier molecular flexibility index (Phi) is 6.34. The second kappa shape index (κ2) is 7.68. The number of carbonyl (C=O) groups excluding carboxylic acids is 1. The van der Waals surface area contributed by atoms with E-state index in [1.807, 2.05) is 18.2 Å². The highest BCUT2D eigenvalue weighted by Crippen LogP contribution is 2.44. The number of rotatable bonds is 6. The lowest BCUT2D eigenvalue weighted by molar-refractivity contribution is -0.221. The van der Waals surface area contributed by atoms with Gasteiger partial charge in [-0.3, -0.25) is 4.79 Å². The highest BCUT2D eigenvalue weighted by molar-refractivity contribution is 9.10. The van der Waals surface area contributed by atoms with Gasteiger partial charge in [-0.2, -0.15) is 0 Å². The Morgan fingerprint density at radius 2 is 2.04 bits per heavy atom. The van der Waals surface area contributed by atoms with Gasteiger partial charge in [0.25, 0.3) is 0 Å². The first kappa shape index (κ1) is 19.0. The van der Waals surface area contributed by atoms with Crippen molar-refractivity contribution in [3.63, 3.8) is 0 Å². The molecule has 1 aromatic carbocycles. The van der Waals surface area contributed by atoms with E-state index < -0.39 is 0 Å². The molecular weight excluding hydrogens is 376 g/mol. The highest BCUT2D eigenvalue weighted by Gasteiger charge is 2.41. The maximum Gasteiger partial charge on any atom is 0.158 e. The Hall–Kier alpha value is -0.360. The van der Waals surface area contributed by atoms with Gasteiger partial charge in [0, 0.05) is 26.3 Å². The van der Waals surface area contributed by atoms with Gasteiger partial charge in [0.15, 0.2) is 12.6 Å². The quantitative estimate of drug-likeness (QED) is 0.469. The first-order valence-corrected chi connectivity index (χ1v) is 9.59. The zero-order chi connectivity index (χ0) is 17.1. The molecule has 23 heavy (non-hydrogen) atoms. The Bertz CT molecular complexity index is 551. The Morgan fingerprint density at radius 3 is 2.61 bits per heavy atom. The van der Waals surface area contributed by atoms with E-state index in [0.29, 0.717) is 5.56 Å². The van der Waals surface area contributed by atoms with Crippen LogP contribution in [0.1, 0.15) is 57.3 Å². The maximum absolute atomic E-state index is 10.9. The summed E-state index contributed by atoms with van der Waals surface area (Å²) in [6.45, 7) is 9.39. The van der Waals surface area contributed by atoms with Crippen LogP contribution in [0.2, 0.25) is 0 Å². The summed E-state index contributed by atoms with van der Waals surface area (Å²) in [6.07, 6.45) is 3.99. The Balaban J connectivity index is 2.09. The van der Waals surface area contributed by atoms with Crippen molar-refractivity contribution in [2.24, 2.45) is 0 Å². The van der Waals surface area contributed by atoms with Crippen LogP contribution in [0, 0.1) is 0 Å². The molecule has 0 bridgehead atoms. The number of hydrogen-bond donors (Lipinski definition) is 0. The maximum atomic E-state index is 10.9. The molecule has 1 aliphatic rings. The Morgan fingerprint density at radius 1 is 1.30 bits per heavy atom. The van der Waals surface area contributed by atoms with Crippen molar-refractivity contribution in [3.05, 3.63) is 28.2 Å². The fourth-order valence-electron chi connectivity index (χ4n) is 2.36. The van der Waals surface area contributed by atoms with Gasteiger partial charge in [-0.05, 0) is 65.2 Å². The summed E-state index contributed by atoms with van der Waals surface area (Å²) in [5, 5.41) is 0.